The zero-order valence-corrected chi connectivity index (χ0v) is 27.1. The third-order valence-electron chi connectivity index (χ3n) is 6.46. The highest BCUT2D eigenvalue weighted by molar-refractivity contribution is 4.99. The first-order valence-electron chi connectivity index (χ1n) is 14.4. The highest BCUT2D eigenvalue weighted by atomic mass is 16.5. The van der Waals surface area contributed by atoms with E-state index in [4.69, 9.17) is 18.9 Å². The fourth-order valence-corrected chi connectivity index (χ4v) is 5.91. The van der Waals surface area contributed by atoms with Gasteiger partial charge in [-0.25, -0.2) is 0 Å². The largest absolute Gasteiger partial charge is 0.390 e. The minimum atomic E-state index is -0.909. The molecule has 1 atom stereocenters. The van der Waals surface area contributed by atoms with Crippen LogP contribution < -0.4 is 0 Å². The van der Waals surface area contributed by atoms with Crippen LogP contribution in [0.4, 0.5) is 0 Å². The zero-order chi connectivity index (χ0) is 29.4. The Bertz CT molecular complexity index is 639. The van der Waals surface area contributed by atoms with Crippen molar-refractivity contribution >= 4 is 0 Å². The highest BCUT2D eigenvalue weighted by Crippen LogP contribution is 2.50. The van der Waals surface area contributed by atoms with E-state index in [9.17, 15) is 10.2 Å². The molecule has 224 valence electrons. The summed E-state index contributed by atoms with van der Waals surface area (Å²) in [5.41, 5.74) is -3.58. The van der Waals surface area contributed by atoms with Crippen molar-refractivity contribution in [2.45, 2.75) is 169 Å². The van der Waals surface area contributed by atoms with E-state index in [-0.39, 0.29) is 23.2 Å². The van der Waals surface area contributed by atoms with Gasteiger partial charge < -0.3 is 29.2 Å². The molecule has 0 aromatic rings. The van der Waals surface area contributed by atoms with Crippen LogP contribution in [0.5, 0.6) is 0 Å². The Labute approximate surface area is 230 Å². The van der Waals surface area contributed by atoms with E-state index in [1.54, 1.807) is 13.8 Å². The van der Waals surface area contributed by atoms with Gasteiger partial charge >= 0.3 is 0 Å². The van der Waals surface area contributed by atoms with Crippen LogP contribution in [-0.4, -0.2) is 70.2 Å². The molecule has 0 bridgehead atoms. The van der Waals surface area contributed by atoms with Gasteiger partial charge in [-0.3, -0.25) is 0 Å². The molecule has 0 aromatic heterocycles. The molecule has 0 aliphatic rings. The highest BCUT2D eigenvalue weighted by Gasteiger charge is 2.48. The molecule has 0 heterocycles. The summed E-state index contributed by atoms with van der Waals surface area (Å²) in [6.07, 6.45) is 4.68. The van der Waals surface area contributed by atoms with Crippen LogP contribution in [0.15, 0.2) is 0 Å². The molecule has 0 aromatic carbocycles. The van der Waals surface area contributed by atoms with E-state index in [1.807, 2.05) is 20.8 Å². The zero-order valence-electron chi connectivity index (χ0n) is 27.1. The summed E-state index contributed by atoms with van der Waals surface area (Å²) in [5, 5.41) is 20.6. The lowest BCUT2D eigenvalue weighted by Gasteiger charge is -2.50. The van der Waals surface area contributed by atoms with Gasteiger partial charge in [-0.15, -0.1) is 0 Å². The first-order chi connectivity index (χ1) is 16.4. The van der Waals surface area contributed by atoms with Crippen LogP contribution in [0.2, 0.25) is 0 Å². The Morgan fingerprint density at radius 2 is 0.865 bits per heavy atom. The summed E-state index contributed by atoms with van der Waals surface area (Å²) >= 11 is 0. The van der Waals surface area contributed by atoms with Gasteiger partial charge in [0.05, 0.1) is 46.8 Å². The molecule has 6 heteroatoms. The SMILES string of the molecule is CCCOC(C)(C)CC(CC(C)(C)OCC)(CC(C)(C)OCCC(C)(C)O)CC(C)(C)OCC(C)(C)O. The number of hydrogen-bond acceptors (Lipinski definition) is 6. The third-order valence-corrected chi connectivity index (χ3v) is 6.46. The first-order valence-corrected chi connectivity index (χ1v) is 14.4. The quantitative estimate of drug-likeness (QED) is 0.174. The molecule has 37 heavy (non-hydrogen) atoms. The van der Waals surface area contributed by atoms with Crippen LogP contribution >= 0.6 is 0 Å². The van der Waals surface area contributed by atoms with Crippen molar-refractivity contribution in [2.75, 3.05) is 26.4 Å². The van der Waals surface area contributed by atoms with Crippen molar-refractivity contribution in [2.24, 2.45) is 5.41 Å². The van der Waals surface area contributed by atoms with E-state index in [0.717, 1.165) is 32.1 Å². The van der Waals surface area contributed by atoms with Gasteiger partial charge in [0.15, 0.2) is 0 Å². The van der Waals surface area contributed by atoms with E-state index in [2.05, 4.69) is 62.3 Å². The summed E-state index contributed by atoms with van der Waals surface area (Å²) in [7, 11) is 0. The lowest BCUT2D eigenvalue weighted by molar-refractivity contribution is -0.156. The number of ether oxygens (including phenoxy) is 4. The summed E-state index contributed by atoms with van der Waals surface area (Å²) in [4.78, 5) is 0. The minimum Gasteiger partial charge on any atom is -0.390 e. The monoisotopic (exact) mass is 532 g/mol. The Morgan fingerprint density at radius 3 is 1.22 bits per heavy atom. The fraction of sp³-hybridized carbons (Fsp3) is 1.00. The fourth-order valence-electron chi connectivity index (χ4n) is 5.91. The predicted molar refractivity (Wildman–Crippen MR) is 154 cm³/mol. The van der Waals surface area contributed by atoms with E-state index in [0.29, 0.717) is 26.2 Å². The van der Waals surface area contributed by atoms with Gasteiger partial charge in [0.25, 0.3) is 0 Å². The molecule has 0 saturated heterocycles. The average Bonchev–Trinajstić information content (AvgIpc) is 2.61. The van der Waals surface area contributed by atoms with Crippen LogP contribution in [0.3, 0.4) is 0 Å². The van der Waals surface area contributed by atoms with Gasteiger partial charge in [0.1, 0.15) is 0 Å². The molecular weight excluding hydrogens is 468 g/mol. The molecule has 0 amide bonds. The summed E-state index contributed by atoms with van der Waals surface area (Å²) in [6, 6.07) is 0. The number of rotatable bonds is 20. The van der Waals surface area contributed by atoms with Gasteiger partial charge in [0, 0.05) is 13.2 Å². The molecule has 0 aliphatic heterocycles. The maximum atomic E-state index is 10.4. The van der Waals surface area contributed by atoms with Crippen molar-refractivity contribution in [3.8, 4) is 0 Å². The van der Waals surface area contributed by atoms with Crippen LogP contribution in [0, 0.1) is 5.41 Å². The van der Waals surface area contributed by atoms with Crippen molar-refractivity contribution < 1.29 is 29.2 Å². The van der Waals surface area contributed by atoms with E-state index in [1.165, 1.54) is 0 Å². The maximum Gasteiger partial charge on any atom is 0.0824 e. The molecule has 2 N–H and O–H groups in total. The van der Waals surface area contributed by atoms with Gasteiger partial charge in [-0.1, -0.05) is 6.92 Å². The average molecular weight is 533 g/mol. The lowest BCUT2D eigenvalue weighted by atomic mass is 9.62. The molecule has 0 aliphatic carbocycles. The molecule has 0 rings (SSSR count). The Hall–Kier alpha value is -0.240. The summed E-state index contributed by atoms with van der Waals surface area (Å²) < 4.78 is 25.4. The minimum absolute atomic E-state index is 0.253. The molecule has 0 fully saturated rings. The molecule has 0 spiro atoms. The molecule has 1 unspecified atom stereocenters. The molecular formula is C31H64O6. The molecule has 6 nitrogen and oxygen atoms in total. The summed E-state index contributed by atoms with van der Waals surface area (Å²) in [6.45, 7) is 30.6. The van der Waals surface area contributed by atoms with Crippen molar-refractivity contribution in [1.82, 2.24) is 0 Å². The number of hydrogen-bond donors (Lipinski definition) is 2. The van der Waals surface area contributed by atoms with E-state index >= 15 is 0 Å². The summed E-state index contributed by atoms with van der Waals surface area (Å²) in [5.74, 6) is 0. The van der Waals surface area contributed by atoms with Gasteiger partial charge in [0.2, 0.25) is 0 Å². The Kier molecular flexibility index (Phi) is 13.8. The normalized spacial score (nSPS) is 16.2. The predicted octanol–water partition coefficient (Wildman–Crippen LogP) is 7.08. The first kappa shape index (κ1) is 36.8. The Morgan fingerprint density at radius 1 is 0.486 bits per heavy atom. The second-order valence-corrected chi connectivity index (χ2v) is 15.0. The molecule has 0 radical (unpaired) electrons. The second kappa shape index (κ2) is 13.9. The van der Waals surface area contributed by atoms with Gasteiger partial charge in [-0.05, 0) is 134 Å². The standard InChI is InChI=1S/C31H64O6/c1-15-18-35-28(9,10)21-31(20-27(7,8)34-16-2,23-30(13,14)37-24-26(5,6)33)22-29(11,12)36-19-17-25(3,4)32/h32-33H,15-24H2,1-14H3. The maximum absolute atomic E-state index is 10.4. The topological polar surface area (TPSA) is 77.4 Å². The second-order valence-electron chi connectivity index (χ2n) is 15.0. The van der Waals surface area contributed by atoms with Crippen molar-refractivity contribution in [3.05, 3.63) is 0 Å². The molecule has 0 saturated carbocycles. The lowest BCUT2D eigenvalue weighted by Crippen LogP contribution is -2.49. The van der Waals surface area contributed by atoms with Crippen molar-refractivity contribution in [1.29, 1.82) is 0 Å². The van der Waals surface area contributed by atoms with Crippen LogP contribution in [0.1, 0.15) is 135 Å². The van der Waals surface area contributed by atoms with Crippen LogP contribution in [-0.2, 0) is 18.9 Å². The van der Waals surface area contributed by atoms with Crippen LogP contribution in [0.25, 0.3) is 0 Å². The third kappa shape index (κ3) is 17.9. The van der Waals surface area contributed by atoms with Crippen molar-refractivity contribution in [3.63, 3.8) is 0 Å². The van der Waals surface area contributed by atoms with E-state index < -0.39 is 22.4 Å². The number of aliphatic hydroxyl groups is 2. The Balaban J connectivity index is 6.45. The van der Waals surface area contributed by atoms with Gasteiger partial charge in [-0.2, -0.15) is 0 Å². The smallest absolute Gasteiger partial charge is 0.0824 e.